The molecule has 0 aromatic heterocycles. The summed E-state index contributed by atoms with van der Waals surface area (Å²) >= 11 is 0. The Kier molecular flexibility index (Phi) is 5.93. The van der Waals surface area contributed by atoms with Gasteiger partial charge in [-0.1, -0.05) is 0 Å². The summed E-state index contributed by atoms with van der Waals surface area (Å²) < 4.78 is 0. The van der Waals surface area contributed by atoms with Gasteiger partial charge in [0.25, 0.3) is 0 Å². The van der Waals surface area contributed by atoms with Gasteiger partial charge in [-0.3, -0.25) is 14.8 Å². The van der Waals surface area contributed by atoms with Crippen LogP contribution in [0.15, 0.2) is 0 Å². The second kappa shape index (κ2) is 4.97. The third-order valence-electron chi connectivity index (χ3n) is 0.400. The van der Waals surface area contributed by atoms with Crippen molar-refractivity contribution in [1.82, 2.24) is 17.1 Å². The molecule has 0 radical (unpaired) electrons. The zero-order valence-electron chi connectivity index (χ0n) is 4.67. The van der Waals surface area contributed by atoms with E-state index in [1.54, 1.807) is 0 Å². The molecule has 0 fully saturated rings. The van der Waals surface area contributed by atoms with Gasteiger partial charge in [-0.05, 0) is 0 Å². The molecule has 0 heterocycles. The van der Waals surface area contributed by atoms with E-state index < -0.39 is 11.8 Å². The lowest BCUT2D eigenvalue weighted by molar-refractivity contribution is -0.143. The van der Waals surface area contributed by atoms with E-state index >= 15 is 0 Å². The van der Waals surface area contributed by atoms with Crippen molar-refractivity contribution in [3.63, 3.8) is 0 Å². The third-order valence-corrected chi connectivity index (χ3v) is 0.400. The first-order valence-corrected chi connectivity index (χ1v) is 1.59. The predicted molar refractivity (Wildman–Crippen MR) is 27.4 cm³/mol. The van der Waals surface area contributed by atoms with Gasteiger partial charge >= 0.3 is 11.8 Å². The van der Waals surface area contributed by atoms with Crippen LogP contribution in [0.3, 0.4) is 0 Å². The third kappa shape index (κ3) is 3.41. The molecular formula is C2H7N3O4. The van der Waals surface area contributed by atoms with E-state index in [9.17, 15) is 14.8 Å². The lowest BCUT2D eigenvalue weighted by Gasteiger charge is -2.02. The smallest absolute Gasteiger partial charge is 0.331 e. The normalized spacial score (nSPS) is 6.89. The van der Waals surface area contributed by atoms with Crippen molar-refractivity contribution in [2.45, 2.75) is 0 Å². The minimum Gasteiger partial charge on any atom is -0.759 e. The summed E-state index contributed by atoms with van der Waals surface area (Å²) in [5.74, 6) is -2.80. The van der Waals surface area contributed by atoms with Crippen molar-refractivity contribution >= 4 is 11.8 Å². The number of quaternary nitrogens is 1. The number of carbonyl (C=O) groups is 2. The monoisotopic (exact) mass is 137 g/mol. The summed E-state index contributed by atoms with van der Waals surface area (Å²) in [6.45, 7) is 0. The molecule has 7 nitrogen and oxygen atoms in total. The standard InChI is InChI=1S/C2H3N2O4.H3N/c5-1(3-7)2(6)4-8;/h(H3-,3,4,5,6,7,8);1H3/q-1;/p+1. The number of rotatable bonds is 0. The van der Waals surface area contributed by atoms with Gasteiger partial charge in [-0.25, -0.2) is 5.48 Å². The van der Waals surface area contributed by atoms with Gasteiger partial charge in [0, 0.05) is 0 Å². The van der Waals surface area contributed by atoms with Gasteiger partial charge in [0.1, 0.15) is 0 Å². The lowest BCUT2D eigenvalue weighted by atomic mass is 10.6. The molecule has 9 heavy (non-hydrogen) atoms. The second-order valence-corrected chi connectivity index (χ2v) is 0.872. The Hall–Kier alpha value is -1.18. The number of carbonyl (C=O) groups excluding carboxylic acids is 2. The highest BCUT2D eigenvalue weighted by Crippen LogP contribution is 1.60. The molecule has 0 saturated carbocycles. The highest BCUT2D eigenvalue weighted by molar-refractivity contribution is 6.34. The number of hydrogen-bond donors (Lipinski definition) is 4. The Labute approximate surface area is 50.2 Å². The van der Waals surface area contributed by atoms with Crippen LogP contribution in [0.5, 0.6) is 0 Å². The Morgan fingerprint density at radius 2 is 1.78 bits per heavy atom. The summed E-state index contributed by atoms with van der Waals surface area (Å²) in [6.07, 6.45) is 0. The quantitative estimate of drug-likeness (QED) is 0.183. The molecule has 0 aromatic carbocycles. The predicted octanol–water partition coefficient (Wildman–Crippen LogP) is -1.52. The first-order chi connectivity index (χ1) is 3.72. The fourth-order valence-electron chi connectivity index (χ4n) is 0.0971. The van der Waals surface area contributed by atoms with Crippen LogP contribution in [0, 0.1) is 5.21 Å². The fraction of sp³-hybridized carbons (Fsp3) is 0. The van der Waals surface area contributed by atoms with E-state index in [4.69, 9.17) is 5.21 Å². The molecule has 2 amide bonds. The molecule has 54 valence electrons. The minimum atomic E-state index is -1.42. The largest absolute Gasteiger partial charge is 0.759 e. The minimum absolute atomic E-state index is 0. The van der Waals surface area contributed by atoms with Crippen molar-refractivity contribution in [1.29, 1.82) is 0 Å². The van der Waals surface area contributed by atoms with E-state index in [0.717, 1.165) is 11.0 Å². The van der Waals surface area contributed by atoms with E-state index in [0.29, 0.717) is 0 Å². The molecule has 0 spiro atoms. The van der Waals surface area contributed by atoms with Crippen LogP contribution in [0.4, 0.5) is 0 Å². The van der Waals surface area contributed by atoms with Gasteiger partial charge in [0.15, 0.2) is 0 Å². The fourth-order valence-corrected chi connectivity index (χ4v) is 0.0971. The second-order valence-electron chi connectivity index (χ2n) is 0.872. The van der Waals surface area contributed by atoms with Crippen molar-refractivity contribution in [2.75, 3.05) is 0 Å². The van der Waals surface area contributed by atoms with Crippen molar-refractivity contribution in [3.8, 4) is 0 Å². The van der Waals surface area contributed by atoms with Crippen LogP contribution in [0.25, 0.3) is 0 Å². The number of amides is 2. The highest BCUT2D eigenvalue weighted by Gasteiger charge is 2.05. The van der Waals surface area contributed by atoms with Crippen LogP contribution < -0.4 is 17.1 Å². The molecular weight excluding hydrogens is 130 g/mol. The van der Waals surface area contributed by atoms with Gasteiger partial charge in [-0.2, -0.15) is 0 Å². The average Bonchev–Trinajstić information content (AvgIpc) is 1.84. The van der Waals surface area contributed by atoms with Gasteiger partial charge in [0.05, 0.1) is 0 Å². The number of hydroxylamine groups is 2. The molecule has 0 aliphatic carbocycles. The Balaban J connectivity index is 0. The molecule has 7 N–H and O–H groups in total. The van der Waals surface area contributed by atoms with E-state index in [-0.39, 0.29) is 6.15 Å². The highest BCUT2D eigenvalue weighted by atomic mass is 16.5. The first-order valence-electron chi connectivity index (χ1n) is 1.59. The van der Waals surface area contributed by atoms with Crippen molar-refractivity contribution < 1.29 is 14.8 Å². The van der Waals surface area contributed by atoms with Gasteiger partial charge < -0.3 is 16.8 Å². The van der Waals surface area contributed by atoms with Crippen LogP contribution in [-0.4, -0.2) is 17.0 Å². The molecule has 0 bridgehead atoms. The maximum absolute atomic E-state index is 9.77. The van der Waals surface area contributed by atoms with Crippen LogP contribution >= 0.6 is 0 Å². The summed E-state index contributed by atoms with van der Waals surface area (Å²) in [4.78, 5) is 19.5. The number of nitrogens with one attached hydrogen (secondary N) is 2. The van der Waals surface area contributed by atoms with Gasteiger partial charge in [0.2, 0.25) is 0 Å². The summed E-state index contributed by atoms with van der Waals surface area (Å²) in [6, 6.07) is 0. The van der Waals surface area contributed by atoms with E-state index in [1.807, 2.05) is 0 Å². The van der Waals surface area contributed by atoms with Crippen LogP contribution in [-0.2, 0) is 9.59 Å². The van der Waals surface area contributed by atoms with Crippen molar-refractivity contribution in [2.24, 2.45) is 0 Å². The Morgan fingerprint density at radius 1 is 1.33 bits per heavy atom. The first kappa shape index (κ1) is 10.7. The van der Waals surface area contributed by atoms with Crippen LogP contribution in [0.2, 0.25) is 0 Å². The molecule has 0 atom stereocenters. The molecule has 0 aliphatic rings. The average molecular weight is 137 g/mol. The molecule has 0 rings (SSSR count). The summed E-state index contributed by atoms with van der Waals surface area (Å²) in [7, 11) is 0. The topological polar surface area (TPSA) is 138 Å². The molecule has 0 aromatic rings. The van der Waals surface area contributed by atoms with E-state index in [1.165, 1.54) is 0 Å². The Bertz CT molecular complexity index is 98.4. The Morgan fingerprint density at radius 3 is 1.89 bits per heavy atom. The number of hydrogen-bond acceptors (Lipinski definition) is 4. The zero-order valence-corrected chi connectivity index (χ0v) is 4.67. The zero-order chi connectivity index (χ0) is 6.57. The van der Waals surface area contributed by atoms with E-state index in [2.05, 4.69) is 0 Å². The van der Waals surface area contributed by atoms with Crippen molar-refractivity contribution in [3.05, 3.63) is 5.21 Å². The molecule has 0 unspecified atom stereocenters. The summed E-state index contributed by atoms with van der Waals surface area (Å²) in [5.41, 5.74) is 1.72. The van der Waals surface area contributed by atoms with Crippen LogP contribution in [0.1, 0.15) is 0 Å². The SMILES string of the molecule is O=C(N[O-])C(=O)NO.[NH4+]. The summed E-state index contributed by atoms with van der Waals surface area (Å²) in [5, 5.41) is 16.9. The molecule has 0 saturated heterocycles. The van der Waals surface area contributed by atoms with Gasteiger partial charge in [-0.15, -0.1) is 0 Å². The molecule has 7 heteroatoms. The molecule has 0 aliphatic heterocycles. The maximum atomic E-state index is 9.77. The maximum Gasteiger partial charge on any atom is 0.331 e. The lowest BCUT2D eigenvalue weighted by Crippen LogP contribution is -2.35.